The SMILES string of the molecule is Cc1cc(=O)c(C(=O)Nc2ccc3ccccc3c2)c[nH]1. The van der Waals surface area contributed by atoms with Crippen LogP contribution in [0.3, 0.4) is 0 Å². The normalized spacial score (nSPS) is 10.5. The van der Waals surface area contributed by atoms with Crippen LogP contribution in [-0.4, -0.2) is 10.9 Å². The maximum atomic E-state index is 12.2. The zero-order chi connectivity index (χ0) is 14.8. The Hall–Kier alpha value is -2.88. The molecule has 104 valence electrons. The van der Waals surface area contributed by atoms with E-state index < -0.39 is 5.91 Å². The molecule has 0 aliphatic heterocycles. The van der Waals surface area contributed by atoms with Gasteiger partial charge in [0.05, 0.1) is 0 Å². The van der Waals surface area contributed by atoms with Crippen LogP contribution in [0.15, 0.2) is 59.5 Å². The molecule has 1 amide bonds. The Morgan fingerprint density at radius 2 is 1.81 bits per heavy atom. The zero-order valence-corrected chi connectivity index (χ0v) is 11.5. The van der Waals surface area contributed by atoms with Gasteiger partial charge in [0.15, 0.2) is 5.43 Å². The second-order valence-electron chi connectivity index (χ2n) is 4.91. The number of aryl methyl sites for hydroxylation is 1. The Kier molecular flexibility index (Phi) is 3.28. The fourth-order valence-electron chi connectivity index (χ4n) is 2.22. The van der Waals surface area contributed by atoms with Gasteiger partial charge in [-0.15, -0.1) is 0 Å². The summed E-state index contributed by atoms with van der Waals surface area (Å²) in [7, 11) is 0. The Morgan fingerprint density at radius 1 is 1.05 bits per heavy atom. The lowest BCUT2D eigenvalue weighted by molar-refractivity contribution is 0.102. The predicted molar refractivity (Wildman–Crippen MR) is 83.7 cm³/mol. The van der Waals surface area contributed by atoms with Crippen LogP contribution in [-0.2, 0) is 0 Å². The fraction of sp³-hybridized carbons (Fsp3) is 0.0588. The van der Waals surface area contributed by atoms with Gasteiger partial charge in [0.1, 0.15) is 5.56 Å². The standard InChI is InChI=1S/C17H14N2O2/c1-11-8-16(20)15(10-18-11)17(21)19-14-7-6-12-4-2-3-5-13(12)9-14/h2-10H,1H3,(H,18,20)(H,19,21). The molecular weight excluding hydrogens is 264 g/mol. The number of pyridine rings is 1. The largest absolute Gasteiger partial charge is 0.364 e. The summed E-state index contributed by atoms with van der Waals surface area (Å²) >= 11 is 0. The van der Waals surface area contributed by atoms with Crippen LogP contribution in [0.5, 0.6) is 0 Å². The van der Waals surface area contributed by atoms with Crippen molar-refractivity contribution in [3.63, 3.8) is 0 Å². The Bertz CT molecular complexity index is 881. The second kappa shape index (κ2) is 5.25. The quantitative estimate of drug-likeness (QED) is 0.756. The highest BCUT2D eigenvalue weighted by atomic mass is 16.2. The van der Waals surface area contributed by atoms with Crippen molar-refractivity contribution in [1.29, 1.82) is 0 Å². The maximum Gasteiger partial charge on any atom is 0.261 e. The number of H-pyrrole nitrogens is 1. The Morgan fingerprint density at radius 3 is 2.57 bits per heavy atom. The third-order valence-electron chi connectivity index (χ3n) is 3.31. The molecule has 0 radical (unpaired) electrons. The number of fused-ring (bicyclic) bond motifs is 1. The molecule has 0 spiro atoms. The lowest BCUT2D eigenvalue weighted by Gasteiger charge is -2.06. The first-order valence-electron chi connectivity index (χ1n) is 6.63. The number of carbonyl (C=O) groups is 1. The van der Waals surface area contributed by atoms with E-state index in [0.717, 1.165) is 16.5 Å². The number of aromatic nitrogens is 1. The molecule has 0 aliphatic carbocycles. The van der Waals surface area contributed by atoms with Crippen LogP contribution in [0.2, 0.25) is 0 Å². The van der Waals surface area contributed by atoms with Crippen molar-refractivity contribution in [1.82, 2.24) is 4.98 Å². The van der Waals surface area contributed by atoms with E-state index in [1.807, 2.05) is 42.5 Å². The third-order valence-corrected chi connectivity index (χ3v) is 3.31. The Labute approximate surface area is 121 Å². The van der Waals surface area contributed by atoms with Gasteiger partial charge in [0.2, 0.25) is 0 Å². The van der Waals surface area contributed by atoms with E-state index in [1.54, 1.807) is 6.92 Å². The summed E-state index contributed by atoms with van der Waals surface area (Å²) in [5, 5.41) is 4.89. The predicted octanol–water partition coefficient (Wildman–Crippen LogP) is 3.09. The molecule has 21 heavy (non-hydrogen) atoms. The first-order chi connectivity index (χ1) is 10.1. The molecule has 0 saturated heterocycles. The summed E-state index contributed by atoms with van der Waals surface area (Å²) in [6.45, 7) is 1.77. The van der Waals surface area contributed by atoms with Gasteiger partial charge in [-0.3, -0.25) is 9.59 Å². The van der Waals surface area contributed by atoms with Gasteiger partial charge in [-0.2, -0.15) is 0 Å². The summed E-state index contributed by atoms with van der Waals surface area (Å²) in [5.41, 5.74) is 1.21. The molecule has 4 heteroatoms. The average molecular weight is 278 g/mol. The van der Waals surface area contributed by atoms with Gasteiger partial charge in [0, 0.05) is 23.6 Å². The molecule has 2 N–H and O–H groups in total. The minimum absolute atomic E-state index is 0.105. The lowest BCUT2D eigenvalue weighted by atomic mass is 10.1. The topological polar surface area (TPSA) is 62.0 Å². The van der Waals surface area contributed by atoms with Crippen molar-refractivity contribution >= 4 is 22.4 Å². The van der Waals surface area contributed by atoms with E-state index in [0.29, 0.717) is 5.69 Å². The van der Waals surface area contributed by atoms with Crippen LogP contribution in [0.1, 0.15) is 16.1 Å². The number of anilines is 1. The number of hydrogen-bond acceptors (Lipinski definition) is 2. The number of benzene rings is 2. The number of amides is 1. The fourth-order valence-corrected chi connectivity index (χ4v) is 2.22. The molecule has 1 heterocycles. The number of carbonyl (C=O) groups excluding carboxylic acids is 1. The van der Waals surface area contributed by atoms with Crippen molar-refractivity contribution in [2.24, 2.45) is 0 Å². The second-order valence-corrected chi connectivity index (χ2v) is 4.91. The number of rotatable bonds is 2. The first-order valence-corrected chi connectivity index (χ1v) is 6.63. The maximum absolute atomic E-state index is 12.2. The number of hydrogen-bond donors (Lipinski definition) is 2. The molecule has 3 rings (SSSR count). The Balaban J connectivity index is 1.90. The summed E-state index contributed by atoms with van der Waals surface area (Å²) in [4.78, 5) is 26.8. The monoisotopic (exact) mass is 278 g/mol. The molecule has 0 unspecified atom stereocenters. The first kappa shape index (κ1) is 13.1. The van der Waals surface area contributed by atoms with Crippen molar-refractivity contribution in [3.05, 3.63) is 76.2 Å². The summed E-state index contributed by atoms with van der Waals surface area (Å²) in [5.74, 6) is -0.411. The van der Waals surface area contributed by atoms with E-state index >= 15 is 0 Å². The number of aromatic amines is 1. The zero-order valence-electron chi connectivity index (χ0n) is 11.5. The molecule has 0 fully saturated rings. The van der Waals surface area contributed by atoms with Crippen LogP contribution < -0.4 is 10.7 Å². The van der Waals surface area contributed by atoms with Crippen molar-refractivity contribution in [2.45, 2.75) is 6.92 Å². The molecule has 0 atom stereocenters. The van der Waals surface area contributed by atoms with E-state index in [2.05, 4.69) is 10.3 Å². The number of nitrogens with one attached hydrogen (secondary N) is 2. The van der Waals surface area contributed by atoms with Gasteiger partial charge in [0.25, 0.3) is 5.91 Å². The van der Waals surface area contributed by atoms with Crippen LogP contribution in [0, 0.1) is 6.92 Å². The minimum atomic E-state index is -0.411. The molecule has 2 aromatic carbocycles. The van der Waals surface area contributed by atoms with Crippen LogP contribution >= 0.6 is 0 Å². The highest BCUT2D eigenvalue weighted by Crippen LogP contribution is 2.19. The van der Waals surface area contributed by atoms with E-state index in [1.165, 1.54) is 12.3 Å². The summed E-state index contributed by atoms with van der Waals surface area (Å²) in [6.07, 6.45) is 1.44. The van der Waals surface area contributed by atoms with Crippen molar-refractivity contribution in [3.8, 4) is 0 Å². The summed E-state index contributed by atoms with van der Waals surface area (Å²) < 4.78 is 0. The minimum Gasteiger partial charge on any atom is -0.364 e. The molecule has 0 saturated carbocycles. The van der Waals surface area contributed by atoms with E-state index in [4.69, 9.17) is 0 Å². The molecule has 4 nitrogen and oxygen atoms in total. The highest BCUT2D eigenvalue weighted by molar-refractivity contribution is 6.04. The molecular formula is C17H14N2O2. The molecule has 0 bridgehead atoms. The molecule has 1 aromatic heterocycles. The summed E-state index contributed by atoms with van der Waals surface area (Å²) in [6, 6.07) is 14.9. The van der Waals surface area contributed by atoms with Crippen molar-refractivity contribution in [2.75, 3.05) is 5.32 Å². The van der Waals surface area contributed by atoms with Gasteiger partial charge in [-0.1, -0.05) is 30.3 Å². The van der Waals surface area contributed by atoms with Crippen molar-refractivity contribution < 1.29 is 4.79 Å². The van der Waals surface area contributed by atoms with Gasteiger partial charge in [-0.25, -0.2) is 0 Å². The van der Waals surface area contributed by atoms with E-state index in [9.17, 15) is 9.59 Å². The van der Waals surface area contributed by atoms with E-state index in [-0.39, 0.29) is 11.0 Å². The average Bonchev–Trinajstić information content (AvgIpc) is 2.47. The van der Waals surface area contributed by atoms with Crippen LogP contribution in [0.4, 0.5) is 5.69 Å². The third kappa shape index (κ3) is 2.69. The highest BCUT2D eigenvalue weighted by Gasteiger charge is 2.10. The van der Waals surface area contributed by atoms with Gasteiger partial charge in [-0.05, 0) is 29.8 Å². The molecule has 0 aliphatic rings. The smallest absolute Gasteiger partial charge is 0.261 e. The van der Waals surface area contributed by atoms with Crippen LogP contribution in [0.25, 0.3) is 10.8 Å². The van der Waals surface area contributed by atoms with Gasteiger partial charge < -0.3 is 10.3 Å². The lowest BCUT2D eigenvalue weighted by Crippen LogP contribution is -2.21. The molecule has 3 aromatic rings. The van der Waals surface area contributed by atoms with Gasteiger partial charge >= 0.3 is 0 Å².